The van der Waals surface area contributed by atoms with Gasteiger partial charge in [0.2, 0.25) is 0 Å². The number of nitrogens with two attached hydrogens (primary N) is 1. The van der Waals surface area contributed by atoms with Gasteiger partial charge in [0.15, 0.2) is 0 Å². The largest absolute Gasteiger partial charge is 0.367 e. The molecule has 2 rings (SSSR count). The molecule has 0 saturated carbocycles. The summed E-state index contributed by atoms with van der Waals surface area (Å²) in [5.74, 6) is 0. The maximum atomic E-state index is 6.16. The number of para-hydroxylation sites is 1. The Bertz CT molecular complexity index is 503. The normalized spacial score (nSPS) is 13.8. The summed E-state index contributed by atoms with van der Waals surface area (Å²) in [5.41, 5.74) is 8.68. The average Bonchev–Trinajstić information content (AvgIpc) is 2.54. The van der Waals surface area contributed by atoms with Crippen LogP contribution in [-0.2, 0) is 6.42 Å². The van der Waals surface area contributed by atoms with Crippen LogP contribution in [0.5, 0.6) is 0 Å². The second-order valence-electron chi connectivity index (χ2n) is 5.34. The van der Waals surface area contributed by atoms with E-state index >= 15 is 0 Å². The minimum absolute atomic E-state index is 0.0390. The first-order valence-electron chi connectivity index (χ1n) is 7.25. The fourth-order valence-corrected chi connectivity index (χ4v) is 2.74. The lowest BCUT2D eigenvalue weighted by molar-refractivity contribution is 0.395. The summed E-state index contributed by atoms with van der Waals surface area (Å²) in [5, 5.41) is 0. The Kier molecular flexibility index (Phi) is 4.80. The summed E-state index contributed by atoms with van der Waals surface area (Å²) < 4.78 is 0. The molecule has 2 heteroatoms. The molecule has 106 valence electrons. The van der Waals surface area contributed by atoms with Gasteiger partial charge in [-0.05, 0) is 30.5 Å². The lowest BCUT2D eigenvalue weighted by atomic mass is 9.86. The van der Waals surface area contributed by atoms with E-state index in [0.29, 0.717) is 6.54 Å². The number of benzene rings is 2. The first-order valence-corrected chi connectivity index (χ1v) is 7.25. The van der Waals surface area contributed by atoms with E-state index in [1.807, 2.05) is 6.07 Å². The maximum absolute atomic E-state index is 6.16. The van der Waals surface area contributed by atoms with E-state index in [9.17, 15) is 0 Å². The summed E-state index contributed by atoms with van der Waals surface area (Å²) in [6.07, 6.45) is 1.98. The van der Waals surface area contributed by atoms with Gasteiger partial charge in [-0.2, -0.15) is 0 Å². The second-order valence-corrected chi connectivity index (χ2v) is 5.34. The van der Waals surface area contributed by atoms with E-state index in [0.717, 1.165) is 12.8 Å². The fraction of sp³-hybridized carbons (Fsp3) is 0.333. The van der Waals surface area contributed by atoms with Crippen LogP contribution in [0, 0.1) is 0 Å². The average molecular weight is 268 g/mol. The molecule has 0 aromatic heterocycles. The van der Waals surface area contributed by atoms with Crippen LogP contribution in [0.4, 0.5) is 5.69 Å². The Morgan fingerprint density at radius 3 is 2.00 bits per heavy atom. The Hall–Kier alpha value is -1.80. The zero-order chi connectivity index (χ0) is 14.4. The van der Waals surface area contributed by atoms with Crippen molar-refractivity contribution < 1.29 is 0 Å². The number of rotatable bonds is 6. The Morgan fingerprint density at radius 2 is 1.50 bits per heavy atom. The minimum Gasteiger partial charge on any atom is -0.367 e. The summed E-state index contributed by atoms with van der Waals surface area (Å²) in [4.78, 5) is 2.33. The van der Waals surface area contributed by atoms with Gasteiger partial charge in [-0.25, -0.2) is 0 Å². The zero-order valence-corrected chi connectivity index (χ0v) is 12.4. The van der Waals surface area contributed by atoms with Gasteiger partial charge in [0.25, 0.3) is 0 Å². The summed E-state index contributed by atoms with van der Waals surface area (Å²) in [6.45, 7) is 2.86. The predicted octanol–water partition coefficient (Wildman–Crippen LogP) is 3.47. The molecule has 1 unspecified atom stereocenters. The molecule has 0 bridgehead atoms. The topological polar surface area (TPSA) is 29.3 Å². The van der Waals surface area contributed by atoms with Crippen molar-refractivity contribution in [2.75, 3.05) is 18.5 Å². The van der Waals surface area contributed by atoms with Gasteiger partial charge >= 0.3 is 0 Å². The SMILES string of the molecule is CCC(CN)(Cc1ccccc1)N(C)c1ccccc1. The fourth-order valence-electron chi connectivity index (χ4n) is 2.74. The number of hydrogen-bond acceptors (Lipinski definition) is 2. The smallest absolute Gasteiger partial charge is 0.0558 e. The Labute approximate surface area is 122 Å². The van der Waals surface area contributed by atoms with Gasteiger partial charge in [0, 0.05) is 19.3 Å². The van der Waals surface area contributed by atoms with Crippen molar-refractivity contribution in [2.24, 2.45) is 5.73 Å². The van der Waals surface area contributed by atoms with Gasteiger partial charge < -0.3 is 10.6 Å². The molecule has 0 spiro atoms. The van der Waals surface area contributed by atoms with Crippen LogP contribution in [-0.4, -0.2) is 19.1 Å². The first kappa shape index (κ1) is 14.6. The van der Waals surface area contributed by atoms with Gasteiger partial charge in [0.1, 0.15) is 0 Å². The molecule has 2 nitrogen and oxygen atoms in total. The quantitative estimate of drug-likeness (QED) is 0.869. The predicted molar refractivity (Wildman–Crippen MR) is 87.1 cm³/mol. The molecule has 0 fully saturated rings. The molecule has 20 heavy (non-hydrogen) atoms. The molecular weight excluding hydrogens is 244 g/mol. The van der Waals surface area contributed by atoms with Crippen molar-refractivity contribution in [2.45, 2.75) is 25.3 Å². The third kappa shape index (κ3) is 3.02. The second kappa shape index (κ2) is 6.58. The van der Waals surface area contributed by atoms with Crippen molar-refractivity contribution in [1.82, 2.24) is 0 Å². The highest BCUT2D eigenvalue weighted by Gasteiger charge is 2.31. The van der Waals surface area contributed by atoms with Crippen molar-refractivity contribution >= 4 is 5.69 Å². The van der Waals surface area contributed by atoms with E-state index in [1.165, 1.54) is 11.3 Å². The molecule has 0 aliphatic carbocycles. The number of hydrogen-bond donors (Lipinski definition) is 1. The summed E-state index contributed by atoms with van der Waals surface area (Å²) in [6, 6.07) is 21.1. The molecular formula is C18H24N2. The lowest BCUT2D eigenvalue weighted by Crippen LogP contribution is -2.53. The monoisotopic (exact) mass is 268 g/mol. The van der Waals surface area contributed by atoms with Crippen LogP contribution in [0.2, 0.25) is 0 Å². The zero-order valence-electron chi connectivity index (χ0n) is 12.4. The van der Waals surface area contributed by atoms with Crippen LogP contribution in [0.15, 0.2) is 60.7 Å². The van der Waals surface area contributed by atoms with Crippen molar-refractivity contribution in [3.63, 3.8) is 0 Å². The van der Waals surface area contributed by atoms with E-state index < -0.39 is 0 Å². The number of anilines is 1. The van der Waals surface area contributed by atoms with Crippen molar-refractivity contribution in [1.29, 1.82) is 0 Å². The molecule has 0 radical (unpaired) electrons. The van der Waals surface area contributed by atoms with Crippen molar-refractivity contribution in [3.05, 3.63) is 66.2 Å². The van der Waals surface area contributed by atoms with Gasteiger partial charge in [0.05, 0.1) is 5.54 Å². The molecule has 0 amide bonds. The first-order chi connectivity index (χ1) is 9.72. The highest BCUT2D eigenvalue weighted by molar-refractivity contribution is 5.48. The summed E-state index contributed by atoms with van der Waals surface area (Å²) in [7, 11) is 2.15. The number of nitrogens with zero attached hydrogens (tertiary/aromatic N) is 1. The van der Waals surface area contributed by atoms with E-state index in [4.69, 9.17) is 5.73 Å². The molecule has 0 aliphatic rings. The van der Waals surface area contributed by atoms with Crippen LogP contribution in [0.1, 0.15) is 18.9 Å². The molecule has 0 heterocycles. The number of likely N-dealkylation sites (N-methyl/N-ethyl adjacent to an activating group) is 1. The van der Waals surface area contributed by atoms with Gasteiger partial charge in [-0.1, -0.05) is 55.5 Å². The van der Waals surface area contributed by atoms with Crippen LogP contribution < -0.4 is 10.6 Å². The molecule has 2 N–H and O–H groups in total. The standard InChI is InChI=1S/C18H24N2/c1-3-18(15-19,14-16-10-6-4-7-11-16)20(2)17-12-8-5-9-13-17/h4-13H,3,14-15,19H2,1-2H3. The Balaban J connectivity index is 2.29. The summed E-state index contributed by atoms with van der Waals surface area (Å²) >= 11 is 0. The molecule has 2 aromatic rings. The van der Waals surface area contributed by atoms with E-state index in [1.54, 1.807) is 0 Å². The van der Waals surface area contributed by atoms with Gasteiger partial charge in [-0.15, -0.1) is 0 Å². The molecule has 0 saturated heterocycles. The highest BCUT2D eigenvalue weighted by atomic mass is 15.2. The van der Waals surface area contributed by atoms with Crippen LogP contribution >= 0.6 is 0 Å². The highest BCUT2D eigenvalue weighted by Crippen LogP contribution is 2.28. The van der Waals surface area contributed by atoms with Crippen LogP contribution in [0.25, 0.3) is 0 Å². The third-order valence-corrected chi connectivity index (χ3v) is 4.27. The van der Waals surface area contributed by atoms with Crippen molar-refractivity contribution in [3.8, 4) is 0 Å². The van der Waals surface area contributed by atoms with E-state index in [-0.39, 0.29) is 5.54 Å². The molecule has 2 aromatic carbocycles. The minimum atomic E-state index is -0.0390. The Morgan fingerprint density at radius 1 is 0.950 bits per heavy atom. The lowest BCUT2D eigenvalue weighted by Gasteiger charge is -2.42. The maximum Gasteiger partial charge on any atom is 0.0558 e. The molecule has 0 aliphatic heterocycles. The third-order valence-electron chi connectivity index (χ3n) is 4.27. The van der Waals surface area contributed by atoms with E-state index in [2.05, 4.69) is 73.5 Å². The van der Waals surface area contributed by atoms with Crippen LogP contribution in [0.3, 0.4) is 0 Å². The molecule has 1 atom stereocenters. The van der Waals surface area contributed by atoms with Gasteiger partial charge in [-0.3, -0.25) is 0 Å².